The van der Waals surface area contributed by atoms with Gasteiger partial charge in [0.25, 0.3) is 5.91 Å². The Morgan fingerprint density at radius 1 is 1.00 bits per heavy atom. The Kier molecular flexibility index (Phi) is 5.33. The Morgan fingerprint density at radius 3 is 2.50 bits per heavy atom. The first kappa shape index (κ1) is 20.2. The van der Waals surface area contributed by atoms with Crippen molar-refractivity contribution < 1.29 is 9.59 Å². The van der Waals surface area contributed by atoms with Crippen LogP contribution in [-0.2, 0) is 9.59 Å². The first-order valence-electron chi connectivity index (χ1n) is 10.2. The third-order valence-electron chi connectivity index (χ3n) is 5.25. The van der Waals surface area contributed by atoms with Gasteiger partial charge in [-0.2, -0.15) is 0 Å². The van der Waals surface area contributed by atoms with E-state index in [4.69, 9.17) is 4.99 Å². The highest BCUT2D eigenvalue weighted by molar-refractivity contribution is 8.14. The molecule has 0 aliphatic carbocycles. The zero-order chi connectivity index (χ0) is 22.1. The van der Waals surface area contributed by atoms with E-state index in [-0.39, 0.29) is 17.6 Å². The van der Waals surface area contributed by atoms with Crippen LogP contribution in [-0.4, -0.2) is 33.5 Å². The van der Waals surface area contributed by atoms with E-state index < -0.39 is 6.04 Å². The topological polar surface area (TPSA) is 74.1 Å². The first-order chi connectivity index (χ1) is 15.6. The Labute approximate surface area is 190 Å². The lowest BCUT2D eigenvalue weighted by Crippen LogP contribution is -2.40. The van der Waals surface area contributed by atoms with Crippen LogP contribution in [0.4, 0.5) is 11.4 Å². The molecular formula is C25H20N4O2S. The Morgan fingerprint density at radius 2 is 1.72 bits per heavy atom. The maximum absolute atomic E-state index is 13.3. The van der Waals surface area contributed by atoms with Gasteiger partial charge in [0.1, 0.15) is 5.84 Å². The fraction of sp³-hybridized carbons (Fsp3) is 0.120. The van der Waals surface area contributed by atoms with Gasteiger partial charge in [-0.25, -0.2) is 14.9 Å². The average molecular weight is 441 g/mol. The lowest BCUT2D eigenvalue weighted by molar-refractivity contribution is -0.124. The van der Waals surface area contributed by atoms with Crippen molar-refractivity contribution in [1.29, 1.82) is 0 Å². The summed E-state index contributed by atoms with van der Waals surface area (Å²) in [6.45, 7) is 2.00. The molecule has 3 aromatic rings. The highest BCUT2D eigenvalue weighted by Crippen LogP contribution is 2.37. The maximum Gasteiger partial charge on any atom is 0.263 e. The summed E-state index contributed by atoms with van der Waals surface area (Å²) >= 11 is 1.23. The summed E-state index contributed by atoms with van der Waals surface area (Å²) in [5, 5.41) is 3.35. The van der Waals surface area contributed by atoms with Crippen LogP contribution in [0.1, 0.15) is 22.7 Å². The van der Waals surface area contributed by atoms with Crippen molar-refractivity contribution in [1.82, 2.24) is 4.90 Å². The molecule has 158 valence electrons. The van der Waals surface area contributed by atoms with Gasteiger partial charge in [-0.1, -0.05) is 71.9 Å². The van der Waals surface area contributed by atoms with Crippen molar-refractivity contribution in [3.63, 3.8) is 0 Å². The second-order valence-corrected chi connectivity index (χ2v) is 8.50. The van der Waals surface area contributed by atoms with Crippen LogP contribution in [0.2, 0.25) is 0 Å². The summed E-state index contributed by atoms with van der Waals surface area (Å²) in [4.78, 5) is 36.8. The van der Waals surface area contributed by atoms with Crippen LogP contribution in [0.25, 0.3) is 0 Å². The van der Waals surface area contributed by atoms with E-state index in [9.17, 15) is 9.59 Å². The van der Waals surface area contributed by atoms with Crippen LogP contribution in [0, 0.1) is 6.92 Å². The molecular weight excluding hydrogens is 420 g/mol. The molecule has 1 atom stereocenters. The summed E-state index contributed by atoms with van der Waals surface area (Å²) < 4.78 is 0. The van der Waals surface area contributed by atoms with E-state index in [1.807, 2.05) is 85.8 Å². The number of carbonyl (C=O) groups excluding carboxylic acids is 2. The quantitative estimate of drug-likeness (QED) is 0.639. The van der Waals surface area contributed by atoms with E-state index in [1.165, 1.54) is 11.8 Å². The third-order valence-corrected chi connectivity index (χ3v) is 6.19. The Balaban J connectivity index is 1.40. The van der Waals surface area contributed by atoms with E-state index in [0.717, 1.165) is 28.1 Å². The summed E-state index contributed by atoms with van der Waals surface area (Å²) in [5.41, 5.74) is 4.25. The number of amidine groups is 2. The number of amides is 2. The fourth-order valence-electron chi connectivity index (χ4n) is 3.66. The minimum atomic E-state index is -0.621. The molecule has 2 amide bonds. The second-order valence-electron chi connectivity index (χ2n) is 7.55. The number of carbonyl (C=O) groups is 2. The van der Waals surface area contributed by atoms with Gasteiger partial charge in [0, 0.05) is 11.3 Å². The molecule has 0 fully saturated rings. The molecule has 3 aromatic carbocycles. The van der Waals surface area contributed by atoms with Gasteiger partial charge in [0.05, 0.1) is 11.4 Å². The van der Waals surface area contributed by atoms with Crippen LogP contribution in [0.15, 0.2) is 88.8 Å². The van der Waals surface area contributed by atoms with Gasteiger partial charge < -0.3 is 5.32 Å². The Hall–Kier alpha value is -3.71. The van der Waals surface area contributed by atoms with Crippen molar-refractivity contribution in [2.75, 3.05) is 11.1 Å². The number of nitrogens with one attached hydrogen (secondary N) is 1. The molecule has 0 radical (unpaired) electrons. The molecule has 0 spiro atoms. The van der Waals surface area contributed by atoms with Crippen LogP contribution < -0.4 is 5.32 Å². The predicted octanol–water partition coefficient (Wildman–Crippen LogP) is 4.70. The molecule has 0 saturated carbocycles. The van der Waals surface area contributed by atoms with Crippen molar-refractivity contribution in [2.24, 2.45) is 9.98 Å². The van der Waals surface area contributed by atoms with Crippen LogP contribution in [0.3, 0.4) is 0 Å². The lowest BCUT2D eigenvalue weighted by Gasteiger charge is -2.25. The molecule has 0 bridgehead atoms. The van der Waals surface area contributed by atoms with Crippen LogP contribution in [0.5, 0.6) is 0 Å². The maximum atomic E-state index is 13.3. The fourth-order valence-corrected chi connectivity index (χ4v) is 4.46. The van der Waals surface area contributed by atoms with Gasteiger partial charge >= 0.3 is 0 Å². The number of fused-ring (bicyclic) bond motifs is 3. The third kappa shape index (κ3) is 3.83. The van der Waals surface area contributed by atoms with E-state index in [1.54, 1.807) is 4.90 Å². The van der Waals surface area contributed by atoms with Gasteiger partial charge in [0.2, 0.25) is 5.91 Å². The summed E-state index contributed by atoms with van der Waals surface area (Å²) in [5.74, 6) is 0.383. The van der Waals surface area contributed by atoms with E-state index in [2.05, 4.69) is 10.3 Å². The zero-order valence-corrected chi connectivity index (χ0v) is 18.2. The van der Waals surface area contributed by atoms with Crippen LogP contribution >= 0.6 is 11.8 Å². The number of hydrogen-bond acceptors (Lipinski definition) is 5. The molecule has 32 heavy (non-hydrogen) atoms. The summed E-state index contributed by atoms with van der Waals surface area (Å²) in [6.07, 6.45) is 0. The molecule has 0 unspecified atom stereocenters. The number of rotatable bonds is 4. The molecule has 1 N–H and O–H groups in total. The van der Waals surface area contributed by atoms with E-state index >= 15 is 0 Å². The highest BCUT2D eigenvalue weighted by Gasteiger charge is 2.42. The summed E-state index contributed by atoms with van der Waals surface area (Å²) in [6, 6.07) is 24.1. The monoisotopic (exact) mass is 440 g/mol. The number of para-hydroxylation sites is 1. The normalized spacial score (nSPS) is 16.7. The summed E-state index contributed by atoms with van der Waals surface area (Å²) in [7, 11) is 0. The largest absolute Gasteiger partial charge is 0.325 e. The van der Waals surface area contributed by atoms with E-state index in [0.29, 0.717) is 11.0 Å². The lowest BCUT2D eigenvalue weighted by atomic mass is 10.1. The van der Waals surface area contributed by atoms with Gasteiger partial charge in [-0.3, -0.25) is 9.59 Å². The molecule has 6 nitrogen and oxygen atoms in total. The van der Waals surface area contributed by atoms with Crippen molar-refractivity contribution in [3.05, 3.63) is 95.6 Å². The number of anilines is 1. The smallest absolute Gasteiger partial charge is 0.263 e. The zero-order valence-electron chi connectivity index (χ0n) is 17.4. The minimum absolute atomic E-state index is 0.127. The number of aliphatic imine (C=N–C) groups is 2. The minimum Gasteiger partial charge on any atom is -0.325 e. The number of thioether (sulfide) groups is 1. The average Bonchev–Trinajstić information content (AvgIpc) is 3.17. The standard InChI is InChI=1S/C25H20N4O2S/c1-16-11-13-18(14-12-16)26-21(30)15-32-25-27-20-10-6-5-9-19(20)23-28-22(24(31)29(23)25)17-7-3-2-4-8-17/h2-14,22H,15H2,1H3,(H,26,30)/t22-/m1/s1. The molecule has 0 aromatic heterocycles. The van der Waals surface area contributed by atoms with Gasteiger partial charge in [-0.05, 0) is 36.8 Å². The van der Waals surface area contributed by atoms with Gasteiger partial charge in [-0.15, -0.1) is 0 Å². The van der Waals surface area contributed by atoms with Crippen molar-refractivity contribution >= 4 is 46.0 Å². The molecule has 2 heterocycles. The molecule has 5 rings (SSSR count). The molecule has 2 aliphatic heterocycles. The number of nitrogens with zero attached hydrogens (tertiary/aromatic N) is 3. The molecule has 0 saturated heterocycles. The molecule has 2 aliphatic rings. The molecule has 7 heteroatoms. The first-order valence-corrected chi connectivity index (χ1v) is 11.2. The van der Waals surface area contributed by atoms with Gasteiger partial charge in [0.15, 0.2) is 11.2 Å². The number of benzene rings is 3. The second kappa shape index (κ2) is 8.43. The van der Waals surface area contributed by atoms with Crippen molar-refractivity contribution in [2.45, 2.75) is 13.0 Å². The SMILES string of the molecule is Cc1ccc(NC(=O)CSC2=Nc3ccccc3C3=N[C@H](c4ccccc4)C(=O)N23)cc1. The number of hydrogen-bond donors (Lipinski definition) is 1. The predicted molar refractivity (Wildman–Crippen MR) is 128 cm³/mol. The van der Waals surface area contributed by atoms with Crippen molar-refractivity contribution in [3.8, 4) is 0 Å². The Bertz CT molecular complexity index is 1250. The number of aryl methyl sites for hydroxylation is 1. The highest BCUT2D eigenvalue weighted by atomic mass is 32.2.